The summed E-state index contributed by atoms with van der Waals surface area (Å²) in [4.78, 5) is 2.38. The molecule has 1 heterocycles. The van der Waals surface area contributed by atoms with Crippen LogP contribution in [0.25, 0.3) is 0 Å². The number of thioether (sulfide) groups is 1. The Bertz CT molecular complexity index is 408. The molecule has 1 aromatic rings. The molecule has 0 saturated carbocycles. The van der Waals surface area contributed by atoms with Crippen molar-refractivity contribution in [3.05, 3.63) is 28.2 Å². The standard InChI is InChI=1S/C13H18BrNOS/c1-13(2)9-15(5-6-17-13)12-7-11(14)4-3-10(12)8-16/h3-4,7,16H,5-6,8-9H2,1-2H3. The summed E-state index contributed by atoms with van der Waals surface area (Å²) in [6.07, 6.45) is 0. The minimum atomic E-state index is 0.104. The van der Waals surface area contributed by atoms with E-state index in [0.29, 0.717) is 0 Å². The second kappa shape index (κ2) is 5.21. The quantitative estimate of drug-likeness (QED) is 0.906. The molecule has 0 amide bonds. The maximum absolute atomic E-state index is 9.42. The number of aliphatic hydroxyl groups excluding tert-OH is 1. The number of benzene rings is 1. The topological polar surface area (TPSA) is 23.5 Å². The average Bonchev–Trinajstić information content (AvgIpc) is 2.27. The summed E-state index contributed by atoms with van der Waals surface area (Å²) in [5.74, 6) is 1.14. The number of nitrogens with zero attached hydrogens (tertiary/aromatic N) is 1. The number of hydrogen-bond acceptors (Lipinski definition) is 3. The van der Waals surface area contributed by atoms with Crippen molar-refractivity contribution in [2.45, 2.75) is 25.2 Å². The Hall–Kier alpha value is -0.190. The summed E-state index contributed by atoms with van der Waals surface area (Å²) in [7, 11) is 0. The highest BCUT2D eigenvalue weighted by Gasteiger charge is 2.28. The van der Waals surface area contributed by atoms with Gasteiger partial charge >= 0.3 is 0 Å². The molecule has 0 spiro atoms. The highest BCUT2D eigenvalue weighted by molar-refractivity contribution is 9.10. The minimum Gasteiger partial charge on any atom is -0.392 e. The van der Waals surface area contributed by atoms with Gasteiger partial charge in [-0.3, -0.25) is 0 Å². The van der Waals surface area contributed by atoms with E-state index >= 15 is 0 Å². The zero-order chi connectivity index (χ0) is 12.5. The van der Waals surface area contributed by atoms with Crippen molar-refractivity contribution in [1.82, 2.24) is 0 Å². The summed E-state index contributed by atoms with van der Waals surface area (Å²) in [5.41, 5.74) is 2.17. The molecule has 2 rings (SSSR count). The van der Waals surface area contributed by atoms with E-state index in [0.717, 1.165) is 34.6 Å². The molecule has 0 bridgehead atoms. The van der Waals surface area contributed by atoms with Gasteiger partial charge in [0.2, 0.25) is 0 Å². The Labute approximate surface area is 116 Å². The number of aliphatic hydroxyl groups is 1. The van der Waals surface area contributed by atoms with E-state index in [4.69, 9.17) is 0 Å². The lowest BCUT2D eigenvalue weighted by Crippen LogP contribution is -2.43. The first-order valence-electron chi connectivity index (χ1n) is 5.80. The second-order valence-corrected chi connectivity index (χ2v) is 7.68. The van der Waals surface area contributed by atoms with Crippen molar-refractivity contribution in [2.24, 2.45) is 0 Å². The lowest BCUT2D eigenvalue weighted by atomic mass is 10.1. The van der Waals surface area contributed by atoms with E-state index in [1.54, 1.807) is 0 Å². The SMILES string of the molecule is CC1(C)CN(c2cc(Br)ccc2CO)CCS1. The van der Waals surface area contributed by atoms with Crippen molar-refractivity contribution in [3.8, 4) is 0 Å². The van der Waals surface area contributed by atoms with Crippen LogP contribution in [0.5, 0.6) is 0 Å². The van der Waals surface area contributed by atoms with Crippen LogP contribution in [0.15, 0.2) is 22.7 Å². The van der Waals surface area contributed by atoms with E-state index in [1.807, 2.05) is 23.9 Å². The maximum Gasteiger partial charge on any atom is 0.0702 e. The van der Waals surface area contributed by atoms with Gasteiger partial charge in [0.05, 0.1) is 6.61 Å². The molecule has 1 saturated heterocycles. The Morgan fingerprint density at radius 3 is 2.88 bits per heavy atom. The first kappa shape index (κ1) is 13.2. The monoisotopic (exact) mass is 315 g/mol. The molecule has 1 aliphatic rings. The Morgan fingerprint density at radius 1 is 1.47 bits per heavy atom. The average molecular weight is 316 g/mol. The van der Waals surface area contributed by atoms with Gasteiger partial charge in [-0.25, -0.2) is 0 Å². The molecule has 1 aromatic carbocycles. The molecule has 0 aromatic heterocycles. The summed E-state index contributed by atoms with van der Waals surface area (Å²) in [6.45, 7) is 6.74. The van der Waals surface area contributed by atoms with E-state index in [9.17, 15) is 5.11 Å². The van der Waals surface area contributed by atoms with Crippen LogP contribution < -0.4 is 4.90 Å². The van der Waals surface area contributed by atoms with Crippen LogP contribution in [-0.4, -0.2) is 28.7 Å². The zero-order valence-electron chi connectivity index (χ0n) is 10.2. The molecule has 0 unspecified atom stereocenters. The molecule has 0 aliphatic carbocycles. The van der Waals surface area contributed by atoms with Crippen molar-refractivity contribution in [2.75, 3.05) is 23.7 Å². The Balaban J connectivity index is 2.29. The molecular formula is C13H18BrNOS. The van der Waals surface area contributed by atoms with E-state index in [2.05, 4.69) is 40.7 Å². The van der Waals surface area contributed by atoms with Crippen LogP contribution in [0.1, 0.15) is 19.4 Å². The van der Waals surface area contributed by atoms with Gasteiger partial charge in [-0.1, -0.05) is 22.0 Å². The van der Waals surface area contributed by atoms with Crippen LogP contribution in [0.2, 0.25) is 0 Å². The van der Waals surface area contributed by atoms with Crippen LogP contribution in [0.3, 0.4) is 0 Å². The Kier molecular flexibility index (Phi) is 4.06. The molecule has 1 N–H and O–H groups in total. The van der Waals surface area contributed by atoms with Crippen LogP contribution in [0, 0.1) is 0 Å². The normalized spacial score (nSPS) is 19.4. The fraction of sp³-hybridized carbons (Fsp3) is 0.538. The molecular weight excluding hydrogens is 298 g/mol. The van der Waals surface area contributed by atoms with Crippen molar-refractivity contribution in [1.29, 1.82) is 0 Å². The summed E-state index contributed by atoms with van der Waals surface area (Å²) >= 11 is 5.53. The van der Waals surface area contributed by atoms with Gasteiger partial charge in [0.1, 0.15) is 0 Å². The Morgan fingerprint density at radius 2 is 2.24 bits per heavy atom. The summed E-state index contributed by atoms with van der Waals surface area (Å²) in [6, 6.07) is 6.09. The van der Waals surface area contributed by atoms with Gasteiger partial charge < -0.3 is 10.0 Å². The molecule has 1 aliphatic heterocycles. The highest BCUT2D eigenvalue weighted by atomic mass is 79.9. The zero-order valence-corrected chi connectivity index (χ0v) is 12.6. The van der Waals surface area contributed by atoms with E-state index in [-0.39, 0.29) is 11.4 Å². The lowest BCUT2D eigenvalue weighted by molar-refractivity contribution is 0.282. The number of rotatable bonds is 2. The largest absolute Gasteiger partial charge is 0.392 e. The van der Waals surface area contributed by atoms with Gasteiger partial charge in [0, 0.05) is 39.3 Å². The third-order valence-electron chi connectivity index (χ3n) is 2.98. The lowest BCUT2D eigenvalue weighted by Gasteiger charge is -2.39. The predicted octanol–water partition coefficient (Wildman–Crippen LogP) is 3.27. The van der Waals surface area contributed by atoms with Gasteiger partial charge in [0.15, 0.2) is 0 Å². The first-order chi connectivity index (χ1) is 8.02. The summed E-state index contributed by atoms with van der Waals surface area (Å²) in [5, 5.41) is 9.42. The molecule has 0 radical (unpaired) electrons. The molecule has 17 heavy (non-hydrogen) atoms. The molecule has 4 heteroatoms. The summed E-state index contributed by atoms with van der Waals surface area (Å²) < 4.78 is 1.36. The van der Waals surface area contributed by atoms with Crippen LogP contribution in [-0.2, 0) is 6.61 Å². The fourth-order valence-corrected chi connectivity index (χ4v) is 3.65. The second-order valence-electron chi connectivity index (χ2n) is 4.96. The molecule has 1 fully saturated rings. The fourth-order valence-electron chi connectivity index (χ4n) is 2.19. The van der Waals surface area contributed by atoms with Gasteiger partial charge in [-0.15, -0.1) is 0 Å². The number of hydrogen-bond donors (Lipinski definition) is 1. The van der Waals surface area contributed by atoms with Gasteiger partial charge in [-0.05, 0) is 26.0 Å². The minimum absolute atomic E-state index is 0.104. The highest BCUT2D eigenvalue weighted by Crippen LogP contribution is 2.34. The molecule has 2 nitrogen and oxygen atoms in total. The first-order valence-corrected chi connectivity index (χ1v) is 7.58. The van der Waals surface area contributed by atoms with Gasteiger partial charge in [0.25, 0.3) is 0 Å². The third kappa shape index (κ3) is 3.18. The van der Waals surface area contributed by atoms with Gasteiger partial charge in [-0.2, -0.15) is 11.8 Å². The predicted molar refractivity (Wildman–Crippen MR) is 78.8 cm³/mol. The van der Waals surface area contributed by atoms with Crippen LogP contribution >= 0.6 is 27.7 Å². The smallest absolute Gasteiger partial charge is 0.0702 e. The number of anilines is 1. The molecule has 0 atom stereocenters. The number of halogens is 1. The van der Waals surface area contributed by atoms with Crippen molar-refractivity contribution < 1.29 is 5.11 Å². The third-order valence-corrected chi connectivity index (χ3v) is 4.77. The van der Waals surface area contributed by atoms with Crippen molar-refractivity contribution in [3.63, 3.8) is 0 Å². The molecule has 94 valence electrons. The van der Waals surface area contributed by atoms with Crippen molar-refractivity contribution >= 4 is 33.4 Å². The van der Waals surface area contributed by atoms with E-state index < -0.39 is 0 Å². The van der Waals surface area contributed by atoms with E-state index in [1.165, 1.54) is 0 Å². The van der Waals surface area contributed by atoms with Crippen LogP contribution in [0.4, 0.5) is 5.69 Å². The maximum atomic E-state index is 9.42.